The number of nitrogens with zero attached hydrogens (tertiary/aromatic N) is 4. The number of hydrogen-bond donors (Lipinski definition) is 1. The summed E-state index contributed by atoms with van der Waals surface area (Å²) in [6.07, 6.45) is 4.58. The van der Waals surface area contributed by atoms with Crippen LogP contribution in [0, 0.1) is 17.8 Å². The van der Waals surface area contributed by atoms with Gasteiger partial charge in [0.15, 0.2) is 0 Å². The van der Waals surface area contributed by atoms with Gasteiger partial charge in [-0.15, -0.1) is 0 Å². The molecule has 3 aliphatic rings. The van der Waals surface area contributed by atoms with Crippen LogP contribution in [-0.2, 0) is 4.79 Å². The van der Waals surface area contributed by atoms with E-state index in [1.54, 1.807) is 0 Å². The van der Waals surface area contributed by atoms with Crippen LogP contribution in [-0.4, -0.2) is 97.6 Å². The van der Waals surface area contributed by atoms with Gasteiger partial charge in [0.05, 0.1) is 6.67 Å². The van der Waals surface area contributed by atoms with Crippen molar-refractivity contribution in [3.8, 4) is 0 Å². The van der Waals surface area contributed by atoms with E-state index in [4.69, 9.17) is 5.73 Å². The van der Waals surface area contributed by atoms with Gasteiger partial charge in [0.2, 0.25) is 5.91 Å². The maximum absolute atomic E-state index is 11.3. The highest BCUT2D eigenvalue weighted by Gasteiger charge is 2.25. The Hall–Kier alpha value is -0.690. The maximum Gasteiger partial charge on any atom is 0.220 e. The van der Waals surface area contributed by atoms with Crippen LogP contribution in [0.1, 0.15) is 39.5 Å². The van der Waals surface area contributed by atoms with E-state index in [0.717, 1.165) is 57.5 Å². The molecule has 156 valence electrons. The molecule has 6 nitrogen and oxygen atoms in total. The Balaban J connectivity index is 1.25. The third-order valence-electron chi connectivity index (χ3n) is 6.75. The fourth-order valence-electron chi connectivity index (χ4n) is 5.29. The Labute approximate surface area is 166 Å². The third-order valence-corrected chi connectivity index (χ3v) is 6.75. The molecule has 27 heavy (non-hydrogen) atoms. The second kappa shape index (κ2) is 10.2. The number of carbonyl (C=O) groups excluding carboxylic acids is 1. The van der Waals surface area contributed by atoms with Crippen molar-refractivity contribution in [3.63, 3.8) is 0 Å². The van der Waals surface area contributed by atoms with Gasteiger partial charge in [-0.3, -0.25) is 14.6 Å². The molecule has 0 bridgehead atoms. The van der Waals surface area contributed by atoms with E-state index in [2.05, 4.69) is 33.4 Å². The smallest absolute Gasteiger partial charge is 0.220 e. The number of amides is 1. The van der Waals surface area contributed by atoms with Gasteiger partial charge in [0.1, 0.15) is 0 Å². The fourth-order valence-corrected chi connectivity index (χ4v) is 5.29. The molecule has 3 fully saturated rings. The first-order valence-electron chi connectivity index (χ1n) is 11.2. The Kier molecular flexibility index (Phi) is 7.94. The first-order chi connectivity index (χ1) is 13.0. The molecule has 2 N–H and O–H groups in total. The van der Waals surface area contributed by atoms with E-state index in [1.165, 1.54) is 52.1 Å². The maximum atomic E-state index is 11.3. The molecule has 2 atom stereocenters. The molecule has 0 spiro atoms. The quantitative estimate of drug-likeness (QED) is 0.685. The lowest BCUT2D eigenvalue weighted by Crippen LogP contribution is -2.42. The molecular weight excluding hydrogens is 338 g/mol. The van der Waals surface area contributed by atoms with Crippen molar-refractivity contribution in [1.29, 1.82) is 0 Å². The summed E-state index contributed by atoms with van der Waals surface area (Å²) in [6.45, 7) is 17.8. The Morgan fingerprint density at radius 3 is 2.00 bits per heavy atom. The number of nitrogens with two attached hydrogens (primary N) is 1. The largest absolute Gasteiger partial charge is 0.369 e. The predicted octanol–water partition coefficient (Wildman–Crippen LogP) is 1.13. The SMILES string of the molecule is CC1CC(C)CN(CCCN2CCN(CCN3CCC(C(N)=O)CC3)C2)C1. The second-order valence-corrected chi connectivity index (χ2v) is 9.45. The summed E-state index contributed by atoms with van der Waals surface area (Å²) in [6, 6.07) is 0. The van der Waals surface area contributed by atoms with Crippen molar-refractivity contribution in [2.24, 2.45) is 23.5 Å². The Bertz CT molecular complexity index is 455. The van der Waals surface area contributed by atoms with Crippen LogP contribution in [0.5, 0.6) is 0 Å². The summed E-state index contributed by atoms with van der Waals surface area (Å²) in [7, 11) is 0. The summed E-state index contributed by atoms with van der Waals surface area (Å²) in [5, 5.41) is 0. The predicted molar refractivity (Wildman–Crippen MR) is 110 cm³/mol. The van der Waals surface area contributed by atoms with Gasteiger partial charge in [-0.05, 0) is 57.2 Å². The van der Waals surface area contributed by atoms with E-state index in [1.807, 2.05) is 0 Å². The van der Waals surface area contributed by atoms with Gasteiger partial charge in [-0.25, -0.2) is 0 Å². The zero-order chi connectivity index (χ0) is 19.2. The van der Waals surface area contributed by atoms with Crippen LogP contribution >= 0.6 is 0 Å². The van der Waals surface area contributed by atoms with E-state index >= 15 is 0 Å². The average molecular weight is 380 g/mol. The number of hydrogen-bond acceptors (Lipinski definition) is 5. The minimum Gasteiger partial charge on any atom is -0.369 e. The number of piperidine rings is 2. The van der Waals surface area contributed by atoms with E-state index in [0.29, 0.717) is 0 Å². The number of carbonyl (C=O) groups is 1. The highest BCUT2D eigenvalue weighted by Crippen LogP contribution is 2.21. The highest BCUT2D eigenvalue weighted by atomic mass is 16.1. The standard InChI is InChI=1S/C21H41N5O/c1-18-14-19(2)16-26(15-18)7-3-6-24-12-13-25(17-24)11-10-23-8-4-20(5-9-23)21(22)27/h18-20H,3-17H2,1-2H3,(H2,22,27). The van der Waals surface area contributed by atoms with Gasteiger partial charge in [0.25, 0.3) is 0 Å². The van der Waals surface area contributed by atoms with Gasteiger partial charge in [-0.1, -0.05) is 13.8 Å². The highest BCUT2D eigenvalue weighted by molar-refractivity contribution is 5.76. The third kappa shape index (κ3) is 6.70. The van der Waals surface area contributed by atoms with Crippen molar-refractivity contribution in [1.82, 2.24) is 19.6 Å². The summed E-state index contributed by atoms with van der Waals surface area (Å²) in [5.74, 6) is 1.72. The van der Waals surface area contributed by atoms with Gasteiger partial charge >= 0.3 is 0 Å². The van der Waals surface area contributed by atoms with Gasteiger partial charge < -0.3 is 15.5 Å². The van der Waals surface area contributed by atoms with Crippen molar-refractivity contribution in [3.05, 3.63) is 0 Å². The molecular formula is C21H41N5O. The van der Waals surface area contributed by atoms with Crippen LogP contribution in [0.2, 0.25) is 0 Å². The molecule has 3 saturated heterocycles. The molecule has 0 radical (unpaired) electrons. The van der Waals surface area contributed by atoms with Crippen molar-refractivity contribution in [2.75, 3.05) is 72.1 Å². The minimum absolute atomic E-state index is 0.106. The Morgan fingerprint density at radius 2 is 1.37 bits per heavy atom. The number of rotatable bonds is 8. The van der Waals surface area contributed by atoms with Crippen molar-refractivity contribution < 1.29 is 4.79 Å². The molecule has 0 saturated carbocycles. The van der Waals surface area contributed by atoms with Gasteiger partial charge in [0, 0.05) is 51.7 Å². The summed E-state index contributed by atoms with van der Waals surface area (Å²) >= 11 is 0. The molecule has 3 aliphatic heterocycles. The van der Waals surface area contributed by atoms with Crippen LogP contribution < -0.4 is 5.73 Å². The molecule has 3 heterocycles. The number of primary amides is 1. The van der Waals surface area contributed by atoms with Crippen LogP contribution in [0.25, 0.3) is 0 Å². The normalized spacial score (nSPS) is 30.1. The lowest BCUT2D eigenvalue weighted by Gasteiger charge is -2.35. The fraction of sp³-hybridized carbons (Fsp3) is 0.952. The van der Waals surface area contributed by atoms with Crippen molar-refractivity contribution in [2.45, 2.75) is 39.5 Å². The molecule has 0 aromatic carbocycles. The summed E-state index contributed by atoms with van der Waals surface area (Å²) in [5.41, 5.74) is 5.43. The monoisotopic (exact) mass is 379 g/mol. The molecule has 0 aromatic rings. The van der Waals surface area contributed by atoms with E-state index in [-0.39, 0.29) is 11.8 Å². The topological polar surface area (TPSA) is 56.1 Å². The van der Waals surface area contributed by atoms with E-state index in [9.17, 15) is 4.79 Å². The molecule has 3 rings (SSSR count). The zero-order valence-corrected chi connectivity index (χ0v) is 17.6. The lowest BCUT2D eigenvalue weighted by molar-refractivity contribution is -0.123. The summed E-state index contributed by atoms with van der Waals surface area (Å²) < 4.78 is 0. The van der Waals surface area contributed by atoms with Crippen molar-refractivity contribution >= 4 is 5.91 Å². The summed E-state index contributed by atoms with van der Waals surface area (Å²) in [4.78, 5) is 21.7. The Morgan fingerprint density at radius 1 is 0.815 bits per heavy atom. The molecule has 0 aromatic heterocycles. The lowest BCUT2D eigenvalue weighted by atomic mass is 9.92. The van der Waals surface area contributed by atoms with E-state index < -0.39 is 0 Å². The van der Waals surface area contributed by atoms with Crippen LogP contribution in [0.3, 0.4) is 0 Å². The first-order valence-corrected chi connectivity index (χ1v) is 11.2. The second-order valence-electron chi connectivity index (χ2n) is 9.45. The molecule has 2 unspecified atom stereocenters. The first kappa shape index (κ1) is 21.0. The average Bonchev–Trinajstić information content (AvgIpc) is 3.07. The molecule has 1 amide bonds. The van der Waals surface area contributed by atoms with Crippen LogP contribution in [0.15, 0.2) is 0 Å². The zero-order valence-electron chi connectivity index (χ0n) is 17.6. The van der Waals surface area contributed by atoms with Crippen LogP contribution in [0.4, 0.5) is 0 Å². The number of likely N-dealkylation sites (tertiary alicyclic amines) is 2. The van der Waals surface area contributed by atoms with Gasteiger partial charge in [-0.2, -0.15) is 0 Å². The minimum atomic E-state index is -0.113. The molecule has 0 aliphatic carbocycles. The molecule has 6 heteroatoms.